The molecule has 0 N–H and O–H groups in total. The number of nitrogens with zero attached hydrogens (tertiary/aromatic N) is 3. The Morgan fingerprint density at radius 1 is 1.30 bits per heavy atom. The second kappa shape index (κ2) is 3.34. The van der Waals surface area contributed by atoms with Crippen molar-refractivity contribution in [1.29, 1.82) is 0 Å². The van der Waals surface area contributed by atoms with E-state index >= 15 is 0 Å². The quantitative estimate of drug-likeness (QED) is 0.632. The molecule has 0 amide bonds. The molecule has 0 radical (unpaired) electrons. The first-order chi connectivity index (χ1) is 4.79. The summed E-state index contributed by atoms with van der Waals surface area (Å²) in [4.78, 5) is 1.72. The highest BCUT2D eigenvalue weighted by molar-refractivity contribution is 4.60. The highest BCUT2D eigenvalue weighted by Gasteiger charge is 1.94. The minimum absolute atomic E-state index is 0.728. The van der Waals surface area contributed by atoms with Crippen molar-refractivity contribution in [3.8, 4) is 0 Å². The number of hydrogen-bond acceptors (Lipinski definition) is 2. The van der Waals surface area contributed by atoms with Crippen molar-refractivity contribution in [2.24, 2.45) is 5.92 Å². The number of aryl methyl sites for hydroxylation is 1. The lowest BCUT2D eigenvalue weighted by Gasteiger charge is -2.01. The van der Waals surface area contributed by atoms with Gasteiger partial charge in [-0.1, -0.05) is 13.8 Å². The summed E-state index contributed by atoms with van der Waals surface area (Å²) in [7, 11) is 0. The van der Waals surface area contributed by atoms with Gasteiger partial charge in [-0.05, 0) is 12.3 Å². The molecule has 0 unspecified atom stereocenters. The second-order valence-corrected chi connectivity index (χ2v) is 2.81. The summed E-state index contributed by atoms with van der Waals surface area (Å²) in [5.74, 6) is 0.728. The highest BCUT2D eigenvalue weighted by atomic mass is 15.5. The van der Waals surface area contributed by atoms with Crippen LogP contribution in [0.5, 0.6) is 0 Å². The van der Waals surface area contributed by atoms with Crippen LogP contribution in [0, 0.1) is 5.92 Å². The van der Waals surface area contributed by atoms with Gasteiger partial charge in [-0.3, -0.25) is 0 Å². The van der Waals surface area contributed by atoms with Crippen molar-refractivity contribution >= 4 is 0 Å². The molecule has 1 aromatic rings. The zero-order valence-corrected chi connectivity index (χ0v) is 6.49. The number of aromatic nitrogens is 3. The van der Waals surface area contributed by atoms with Crippen LogP contribution in [0.4, 0.5) is 0 Å². The molecule has 56 valence electrons. The molecule has 10 heavy (non-hydrogen) atoms. The van der Waals surface area contributed by atoms with E-state index in [1.54, 1.807) is 17.2 Å². The third kappa shape index (κ3) is 2.17. The first-order valence-electron chi connectivity index (χ1n) is 3.63. The topological polar surface area (TPSA) is 30.7 Å². The lowest BCUT2D eigenvalue weighted by molar-refractivity contribution is 0.449. The van der Waals surface area contributed by atoms with Crippen LogP contribution in [0.25, 0.3) is 0 Å². The first-order valence-corrected chi connectivity index (χ1v) is 3.63. The Kier molecular flexibility index (Phi) is 2.42. The lowest BCUT2D eigenvalue weighted by atomic mass is 10.1. The molecule has 0 aliphatic heterocycles. The normalized spacial score (nSPS) is 10.7. The van der Waals surface area contributed by atoms with E-state index in [4.69, 9.17) is 0 Å². The predicted octanol–water partition coefficient (Wildman–Crippen LogP) is 1.32. The molecular formula is C7H13N3. The van der Waals surface area contributed by atoms with E-state index < -0.39 is 0 Å². The maximum Gasteiger partial charge on any atom is 0.0693 e. The summed E-state index contributed by atoms with van der Waals surface area (Å²) in [5, 5.41) is 7.99. The van der Waals surface area contributed by atoms with E-state index in [9.17, 15) is 0 Å². The Hall–Kier alpha value is -0.860. The van der Waals surface area contributed by atoms with Gasteiger partial charge in [0.05, 0.1) is 18.9 Å². The minimum atomic E-state index is 0.728. The van der Waals surface area contributed by atoms with Crippen LogP contribution >= 0.6 is 0 Å². The highest BCUT2D eigenvalue weighted by Crippen LogP contribution is 1.99. The van der Waals surface area contributed by atoms with Crippen molar-refractivity contribution in [3.05, 3.63) is 12.4 Å². The van der Waals surface area contributed by atoms with Crippen LogP contribution in [0.2, 0.25) is 0 Å². The zero-order valence-electron chi connectivity index (χ0n) is 6.49. The molecule has 0 saturated heterocycles. The van der Waals surface area contributed by atoms with E-state index in [0.29, 0.717) is 0 Å². The van der Waals surface area contributed by atoms with Gasteiger partial charge in [0.15, 0.2) is 0 Å². The van der Waals surface area contributed by atoms with Crippen molar-refractivity contribution in [3.63, 3.8) is 0 Å². The molecule has 1 aromatic heterocycles. The molecular weight excluding hydrogens is 126 g/mol. The van der Waals surface area contributed by atoms with Crippen molar-refractivity contribution < 1.29 is 0 Å². The SMILES string of the molecule is CC(C)CCn1nccn1. The fourth-order valence-corrected chi connectivity index (χ4v) is 0.732. The molecule has 0 bridgehead atoms. The fraction of sp³-hybridized carbons (Fsp3) is 0.714. The van der Waals surface area contributed by atoms with Crippen molar-refractivity contribution in [2.75, 3.05) is 0 Å². The van der Waals surface area contributed by atoms with Crippen LogP contribution < -0.4 is 0 Å². The summed E-state index contributed by atoms with van der Waals surface area (Å²) in [6, 6.07) is 0. The Morgan fingerprint density at radius 2 is 1.90 bits per heavy atom. The Labute approximate surface area is 61.1 Å². The average Bonchev–Trinajstić information content (AvgIpc) is 2.34. The molecule has 0 spiro atoms. The van der Waals surface area contributed by atoms with Gasteiger partial charge in [-0.2, -0.15) is 15.0 Å². The molecule has 0 saturated carbocycles. The molecule has 0 aromatic carbocycles. The number of hydrogen-bond donors (Lipinski definition) is 0. The van der Waals surface area contributed by atoms with Gasteiger partial charge in [-0.25, -0.2) is 0 Å². The van der Waals surface area contributed by atoms with Gasteiger partial charge in [0.25, 0.3) is 0 Å². The average molecular weight is 139 g/mol. The van der Waals surface area contributed by atoms with Gasteiger partial charge in [0.2, 0.25) is 0 Å². The standard InChI is InChI=1S/C7H13N3/c1-7(2)3-6-10-8-4-5-9-10/h4-5,7H,3,6H2,1-2H3. The zero-order chi connectivity index (χ0) is 7.40. The van der Waals surface area contributed by atoms with E-state index in [1.165, 1.54) is 0 Å². The van der Waals surface area contributed by atoms with E-state index in [1.807, 2.05) is 0 Å². The van der Waals surface area contributed by atoms with Crippen LogP contribution in [-0.4, -0.2) is 15.0 Å². The van der Waals surface area contributed by atoms with Gasteiger partial charge < -0.3 is 0 Å². The molecule has 0 atom stereocenters. The Morgan fingerprint density at radius 3 is 2.40 bits per heavy atom. The smallest absolute Gasteiger partial charge is 0.0693 e. The second-order valence-electron chi connectivity index (χ2n) is 2.81. The third-order valence-electron chi connectivity index (χ3n) is 1.37. The first kappa shape index (κ1) is 7.25. The summed E-state index contributed by atoms with van der Waals surface area (Å²) in [6.07, 6.45) is 4.56. The van der Waals surface area contributed by atoms with Gasteiger partial charge in [0.1, 0.15) is 0 Å². The van der Waals surface area contributed by atoms with Gasteiger partial charge in [0, 0.05) is 0 Å². The van der Waals surface area contributed by atoms with Gasteiger partial charge >= 0.3 is 0 Å². The lowest BCUT2D eigenvalue weighted by Crippen LogP contribution is -2.04. The molecule has 3 heteroatoms. The van der Waals surface area contributed by atoms with Crippen LogP contribution in [0.1, 0.15) is 20.3 Å². The van der Waals surface area contributed by atoms with Gasteiger partial charge in [-0.15, -0.1) is 0 Å². The molecule has 0 fully saturated rings. The van der Waals surface area contributed by atoms with E-state index in [-0.39, 0.29) is 0 Å². The molecule has 1 rings (SSSR count). The van der Waals surface area contributed by atoms with Crippen molar-refractivity contribution in [2.45, 2.75) is 26.8 Å². The maximum atomic E-state index is 3.99. The molecule has 0 aliphatic rings. The maximum absolute atomic E-state index is 3.99. The Balaban J connectivity index is 2.28. The number of rotatable bonds is 3. The van der Waals surface area contributed by atoms with Crippen molar-refractivity contribution in [1.82, 2.24) is 15.0 Å². The largest absolute Gasteiger partial charge is 0.185 e. The van der Waals surface area contributed by atoms with Crippen LogP contribution in [0.3, 0.4) is 0 Å². The van der Waals surface area contributed by atoms with E-state index in [2.05, 4.69) is 24.0 Å². The minimum Gasteiger partial charge on any atom is -0.185 e. The summed E-state index contributed by atoms with van der Waals surface area (Å²) >= 11 is 0. The predicted molar refractivity (Wildman–Crippen MR) is 39.5 cm³/mol. The summed E-state index contributed by atoms with van der Waals surface area (Å²) in [5.41, 5.74) is 0. The van der Waals surface area contributed by atoms with E-state index in [0.717, 1.165) is 18.9 Å². The third-order valence-corrected chi connectivity index (χ3v) is 1.37. The molecule has 3 nitrogen and oxygen atoms in total. The summed E-state index contributed by atoms with van der Waals surface area (Å²) in [6.45, 7) is 5.33. The Bertz CT molecular complexity index is 167. The molecule has 0 aliphatic carbocycles. The van der Waals surface area contributed by atoms with Crippen LogP contribution in [0.15, 0.2) is 12.4 Å². The van der Waals surface area contributed by atoms with Crippen LogP contribution in [-0.2, 0) is 6.54 Å². The summed E-state index contributed by atoms with van der Waals surface area (Å²) < 4.78 is 0. The fourth-order valence-electron chi connectivity index (χ4n) is 0.732. The monoisotopic (exact) mass is 139 g/mol. The molecule has 1 heterocycles.